The number of hydrogen-bond acceptors (Lipinski definition) is 5. The first kappa shape index (κ1) is 20.0. The van der Waals surface area contributed by atoms with Gasteiger partial charge in [0, 0.05) is 24.3 Å². The lowest BCUT2D eigenvalue weighted by Crippen LogP contribution is -2.23. The Labute approximate surface area is 177 Å². The summed E-state index contributed by atoms with van der Waals surface area (Å²) in [6.07, 6.45) is 1.40. The number of carbonyl (C=O) groups excluding carboxylic acids is 2. The molecule has 4 rings (SSSR count). The van der Waals surface area contributed by atoms with Crippen LogP contribution in [0.25, 0.3) is 0 Å². The molecule has 0 spiro atoms. The molecule has 1 saturated heterocycles. The van der Waals surface area contributed by atoms with Gasteiger partial charge in [-0.3, -0.25) is 9.59 Å². The number of benzene rings is 2. The zero-order valence-corrected chi connectivity index (χ0v) is 17.2. The van der Waals surface area contributed by atoms with E-state index in [0.717, 1.165) is 12.1 Å². The Bertz CT molecular complexity index is 1080. The van der Waals surface area contributed by atoms with Crippen molar-refractivity contribution in [1.82, 2.24) is 4.98 Å². The lowest BCUT2D eigenvalue weighted by Gasteiger charge is -2.16. The van der Waals surface area contributed by atoms with Gasteiger partial charge in [0.15, 0.2) is 0 Å². The fourth-order valence-corrected chi connectivity index (χ4v) is 4.13. The van der Waals surface area contributed by atoms with Gasteiger partial charge in [-0.05, 0) is 55.8 Å². The minimum absolute atomic E-state index is 0.0996. The van der Waals surface area contributed by atoms with Crippen LogP contribution in [0.2, 0.25) is 0 Å². The van der Waals surface area contributed by atoms with Crippen LogP contribution in [0.3, 0.4) is 0 Å². The van der Waals surface area contributed by atoms with Crippen molar-refractivity contribution in [1.29, 1.82) is 0 Å². The van der Waals surface area contributed by atoms with E-state index < -0.39 is 0 Å². The number of nitrogens with one attached hydrogen (secondary N) is 1. The van der Waals surface area contributed by atoms with Crippen molar-refractivity contribution >= 4 is 34.5 Å². The van der Waals surface area contributed by atoms with Crippen LogP contribution in [-0.2, 0) is 11.4 Å². The third kappa shape index (κ3) is 4.49. The van der Waals surface area contributed by atoms with Crippen LogP contribution in [0.5, 0.6) is 5.75 Å². The maximum absolute atomic E-state index is 13.0. The van der Waals surface area contributed by atoms with E-state index in [1.807, 2.05) is 12.1 Å². The molecule has 1 fully saturated rings. The first-order valence-electron chi connectivity index (χ1n) is 9.56. The molecule has 2 aromatic carbocycles. The topological polar surface area (TPSA) is 71.5 Å². The Morgan fingerprint density at radius 2 is 2.07 bits per heavy atom. The first-order valence-corrected chi connectivity index (χ1v) is 10.4. The summed E-state index contributed by atoms with van der Waals surface area (Å²) in [7, 11) is 0. The molecule has 3 aromatic rings. The van der Waals surface area contributed by atoms with Crippen molar-refractivity contribution in [3.63, 3.8) is 0 Å². The molecule has 1 aliphatic rings. The number of aryl methyl sites for hydroxylation is 1. The van der Waals surface area contributed by atoms with Crippen molar-refractivity contribution in [2.45, 2.75) is 26.4 Å². The van der Waals surface area contributed by atoms with Crippen LogP contribution >= 0.6 is 11.3 Å². The van der Waals surface area contributed by atoms with Gasteiger partial charge >= 0.3 is 0 Å². The number of rotatable bonds is 6. The number of aromatic nitrogens is 1. The molecule has 0 radical (unpaired) electrons. The highest BCUT2D eigenvalue weighted by atomic mass is 32.1. The Hall–Kier alpha value is -3.26. The van der Waals surface area contributed by atoms with Gasteiger partial charge in [0.25, 0.3) is 5.91 Å². The molecule has 0 unspecified atom stereocenters. The highest BCUT2D eigenvalue weighted by Crippen LogP contribution is 2.26. The summed E-state index contributed by atoms with van der Waals surface area (Å²) in [5.41, 5.74) is 2.01. The van der Waals surface area contributed by atoms with Crippen LogP contribution in [0.4, 0.5) is 15.8 Å². The van der Waals surface area contributed by atoms with E-state index in [9.17, 15) is 14.0 Å². The summed E-state index contributed by atoms with van der Waals surface area (Å²) in [5.74, 6) is 0.0404. The average Bonchev–Trinajstić information content (AvgIpc) is 3.33. The molecule has 154 valence electrons. The van der Waals surface area contributed by atoms with Gasteiger partial charge in [-0.2, -0.15) is 0 Å². The zero-order chi connectivity index (χ0) is 21.1. The van der Waals surface area contributed by atoms with Crippen LogP contribution < -0.4 is 15.0 Å². The van der Waals surface area contributed by atoms with Gasteiger partial charge in [0.1, 0.15) is 28.1 Å². The summed E-state index contributed by atoms with van der Waals surface area (Å²) in [6, 6.07) is 13.0. The molecule has 0 saturated carbocycles. The molecule has 1 aliphatic heterocycles. The van der Waals surface area contributed by atoms with E-state index in [2.05, 4.69) is 10.3 Å². The SMILES string of the molecule is Cc1nc(COc2ccc(F)cc2)sc1C(=O)Nc1cccc(N2CCCC2=O)c1. The summed E-state index contributed by atoms with van der Waals surface area (Å²) in [6.45, 7) is 2.66. The first-order chi connectivity index (χ1) is 14.5. The van der Waals surface area contributed by atoms with Crippen LogP contribution in [0.1, 0.15) is 33.2 Å². The third-order valence-electron chi connectivity index (χ3n) is 4.71. The number of nitrogens with zero attached hydrogens (tertiary/aromatic N) is 2. The normalized spacial score (nSPS) is 13.5. The van der Waals surface area contributed by atoms with Crippen LogP contribution in [-0.4, -0.2) is 23.3 Å². The second-order valence-corrected chi connectivity index (χ2v) is 8.00. The fraction of sp³-hybridized carbons (Fsp3) is 0.227. The number of ether oxygens (including phenoxy) is 1. The summed E-state index contributed by atoms with van der Waals surface area (Å²) in [4.78, 5) is 31.3. The molecule has 0 bridgehead atoms. The molecule has 6 nitrogen and oxygen atoms in total. The molecule has 30 heavy (non-hydrogen) atoms. The van der Waals surface area contributed by atoms with E-state index in [0.29, 0.717) is 40.0 Å². The van der Waals surface area contributed by atoms with Gasteiger partial charge in [-0.1, -0.05) is 6.07 Å². The number of amides is 2. The molecular weight excluding hydrogens is 405 g/mol. The maximum atomic E-state index is 13.0. The summed E-state index contributed by atoms with van der Waals surface area (Å²) >= 11 is 1.25. The Morgan fingerprint density at radius 1 is 1.27 bits per heavy atom. The Kier molecular flexibility index (Phi) is 5.76. The molecule has 0 atom stereocenters. The molecule has 2 heterocycles. The second kappa shape index (κ2) is 8.62. The van der Waals surface area contributed by atoms with Gasteiger partial charge in [0.05, 0.1) is 5.69 Å². The average molecular weight is 425 g/mol. The second-order valence-electron chi connectivity index (χ2n) is 6.92. The number of carbonyl (C=O) groups is 2. The molecule has 0 aliphatic carbocycles. The number of anilines is 2. The monoisotopic (exact) mass is 425 g/mol. The minimum Gasteiger partial charge on any atom is -0.486 e. The van der Waals surface area contributed by atoms with Crippen molar-refractivity contribution in [2.24, 2.45) is 0 Å². The number of halogens is 1. The Balaban J connectivity index is 1.42. The number of thiazole rings is 1. The van der Waals surface area contributed by atoms with E-state index in [-0.39, 0.29) is 24.2 Å². The highest BCUT2D eigenvalue weighted by molar-refractivity contribution is 7.13. The zero-order valence-electron chi connectivity index (χ0n) is 16.4. The quantitative estimate of drug-likeness (QED) is 0.629. The summed E-state index contributed by atoms with van der Waals surface area (Å²) in [5, 5.41) is 3.53. The van der Waals surface area contributed by atoms with Gasteiger partial charge < -0.3 is 15.0 Å². The van der Waals surface area contributed by atoms with E-state index in [1.54, 1.807) is 36.1 Å². The Morgan fingerprint density at radius 3 is 2.80 bits per heavy atom. The van der Waals surface area contributed by atoms with Crippen molar-refractivity contribution in [3.05, 3.63) is 69.9 Å². The highest BCUT2D eigenvalue weighted by Gasteiger charge is 2.22. The van der Waals surface area contributed by atoms with Crippen molar-refractivity contribution in [2.75, 3.05) is 16.8 Å². The molecular formula is C22H20FN3O3S. The summed E-state index contributed by atoms with van der Waals surface area (Å²) < 4.78 is 18.6. The van der Waals surface area contributed by atoms with E-state index in [4.69, 9.17) is 4.74 Å². The van der Waals surface area contributed by atoms with Gasteiger partial charge in [-0.25, -0.2) is 9.37 Å². The van der Waals surface area contributed by atoms with Crippen LogP contribution in [0, 0.1) is 12.7 Å². The van der Waals surface area contributed by atoms with Gasteiger partial charge in [-0.15, -0.1) is 11.3 Å². The lowest BCUT2D eigenvalue weighted by atomic mass is 10.2. The molecule has 1 N–H and O–H groups in total. The molecule has 1 aromatic heterocycles. The maximum Gasteiger partial charge on any atom is 0.267 e. The minimum atomic E-state index is -0.329. The largest absolute Gasteiger partial charge is 0.486 e. The van der Waals surface area contributed by atoms with E-state index >= 15 is 0 Å². The van der Waals surface area contributed by atoms with Crippen molar-refractivity contribution in [3.8, 4) is 5.75 Å². The van der Waals surface area contributed by atoms with Gasteiger partial charge in [0.2, 0.25) is 5.91 Å². The fourth-order valence-electron chi connectivity index (χ4n) is 3.26. The molecule has 2 amide bonds. The number of hydrogen-bond donors (Lipinski definition) is 1. The van der Waals surface area contributed by atoms with Crippen LogP contribution in [0.15, 0.2) is 48.5 Å². The smallest absolute Gasteiger partial charge is 0.267 e. The van der Waals surface area contributed by atoms with E-state index in [1.165, 1.54) is 23.5 Å². The molecule has 8 heteroatoms. The van der Waals surface area contributed by atoms with Crippen molar-refractivity contribution < 1.29 is 18.7 Å². The predicted molar refractivity (Wildman–Crippen MR) is 114 cm³/mol. The standard InChI is InChI=1S/C22H20FN3O3S/c1-14-21(30-19(24-14)13-29-18-9-7-15(23)8-10-18)22(28)25-16-4-2-5-17(12-16)26-11-3-6-20(26)27/h2,4-5,7-10,12H,3,6,11,13H2,1H3,(H,25,28). The third-order valence-corrected chi connectivity index (χ3v) is 5.84. The predicted octanol–water partition coefficient (Wildman–Crippen LogP) is 4.55. The lowest BCUT2D eigenvalue weighted by molar-refractivity contribution is -0.117.